The number of halogens is 3. The molecule has 0 N–H and O–H groups in total. The number of methoxy groups -OCH3 is 1. The summed E-state index contributed by atoms with van der Waals surface area (Å²) < 4.78 is 32.6. The molecule has 0 fully saturated rings. The Kier molecular flexibility index (Phi) is 3.75. The number of hydrogen-bond donors (Lipinski definition) is 0. The first-order valence-electron chi connectivity index (χ1n) is 4.51. The number of hydrogen-bond acceptors (Lipinski definition) is 1. The normalized spacial score (nSPS) is 11.7. The van der Waals surface area contributed by atoms with Gasteiger partial charge in [0, 0.05) is 5.19 Å². The van der Waals surface area contributed by atoms with Crippen LogP contribution in [0.3, 0.4) is 0 Å². The Bertz CT molecular complexity index is 388. The highest BCUT2D eigenvalue weighted by atomic mass is 127. The summed E-state index contributed by atoms with van der Waals surface area (Å²) in [5.74, 6) is -1.07. The third-order valence-corrected chi connectivity index (χ3v) is 4.85. The van der Waals surface area contributed by atoms with Crippen molar-refractivity contribution in [3.05, 3.63) is 21.3 Å². The number of ether oxygens (including phenoxy) is 1. The molecule has 0 aliphatic rings. The van der Waals surface area contributed by atoms with Crippen LogP contribution < -0.4 is 9.92 Å². The van der Waals surface area contributed by atoms with Crippen LogP contribution in [0.5, 0.6) is 5.75 Å². The molecule has 84 valence electrons. The van der Waals surface area contributed by atoms with Gasteiger partial charge in [0.1, 0.15) is 5.75 Å². The molecule has 0 spiro atoms. The molecule has 5 heteroatoms. The summed E-state index contributed by atoms with van der Waals surface area (Å²) >= 11 is 1.76. The van der Waals surface area contributed by atoms with E-state index in [-0.39, 0.29) is 3.57 Å². The molecule has 1 rings (SSSR count). The van der Waals surface area contributed by atoms with E-state index >= 15 is 0 Å². The molecule has 0 saturated carbocycles. The van der Waals surface area contributed by atoms with E-state index in [2.05, 4.69) is 0 Å². The standard InChI is InChI=1S/C10H13F2IOSi/c1-14-7-5-6(13)8(11)9(12)10(7)15(2,3)4/h5H,1-4H3. The highest BCUT2D eigenvalue weighted by molar-refractivity contribution is 14.1. The van der Waals surface area contributed by atoms with Crippen LogP contribution in [-0.4, -0.2) is 15.2 Å². The monoisotopic (exact) mass is 342 g/mol. The summed E-state index contributed by atoms with van der Waals surface area (Å²) in [5.41, 5.74) is 0. The maximum Gasteiger partial charge on any atom is 0.172 e. The fraction of sp³-hybridized carbons (Fsp3) is 0.400. The molecule has 0 atom stereocenters. The Morgan fingerprint density at radius 2 is 1.73 bits per heavy atom. The third kappa shape index (κ3) is 2.50. The number of rotatable bonds is 2. The zero-order valence-electron chi connectivity index (χ0n) is 9.12. The molecule has 0 bridgehead atoms. The van der Waals surface area contributed by atoms with E-state index < -0.39 is 19.7 Å². The largest absolute Gasteiger partial charge is 0.497 e. The van der Waals surface area contributed by atoms with E-state index in [1.165, 1.54) is 7.11 Å². The average molecular weight is 342 g/mol. The van der Waals surface area contributed by atoms with Gasteiger partial charge in [-0.1, -0.05) is 19.6 Å². The summed E-state index contributed by atoms with van der Waals surface area (Å²) in [4.78, 5) is 0. The van der Waals surface area contributed by atoms with Gasteiger partial charge in [-0.3, -0.25) is 0 Å². The molecule has 15 heavy (non-hydrogen) atoms. The van der Waals surface area contributed by atoms with Crippen molar-refractivity contribution in [3.8, 4) is 5.75 Å². The van der Waals surface area contributed by atoms with E-state index in [0.29, 0.717) is 10.9 Å². The summed E-state index contributed by atoms with van der Waals surface area (Å²) in [6, 6.07) is 1.55. The first-order chi connectivity index (χ1) is 6.79. The molecule has 1 nitrogen and oxygen atoms in total. The van der Waals surface area contributed by atoms with Crippen molar-refractivity contribution in [2.75, 3.05) is 7.11 Å². The summed E-state index contributed by atoms with van der Waals surface area (Å²) in [7, 11) is -0.462. The van der Waals surface area contributed by atoms with Gasteiger partial charge in [-0.05, 0) is 28.7 Å². The first kappa shape index (κ1) is 12.9. The fourth-order valence-electron chi connectivity index (χ4n) is 1.43. The van der Waals surface area contributed by atoms with Gasteiger partial charge in [-0.15, -0.1) is 0 Å². The van der Waals surface area contributed by atoms with Crippen molar-refractivity contribution in [1.82, 2.24) is 0 Å². The fourth-order valence-corrected chi connectivity index (χ4v) is 3.63. The van der Waals surface area contributed by atoms with Crippen molar-refractivity contribution in [2.24, 2.45) is 0 Å². The lowest BCUT2D eigenvalue weighted by molar-refractivity contribution is 0.410. The van der Waals surface area contributed by atoms with Crippen LogP contribution in [0.15, 0.2) is 6.07 Å². The lowest BCUT2D eigenvalue weighted by atomic mass is 10.3. The first-order valence-corrected chi connectivity index (χ1v) is 9.09. The summed E-state index contributed by atoms with van der Waals surface area (Å²) in [6.07, 6.45) is 0. The van der Waals surface area contributed by atoms with Gasteiger partial charge >= 0.3 is 0 Å². The van der Waals surface area contributed by atoms with Crippen LogP contribution in [0.1, 0.15) is 0 Å². The van der Waals surface area contributed by atoms with Crippen molar-refractivity contribution in [1.29, 1.82) is 0 Å². The van der Waals surface area contributed by atoms with Crippen molar-refractivity contribution in [2.45, 2.75) is 19.6 Å². The van der Waals surface area contributed by atoms with Gasteiger partial charge < -0.3 is 4.74 Å². The van der Waals surface area contributed by atoms with Crippen molar-refractivity contribution >= 4 is 35.9 Å². The maximum atomic E-state index is 13.8. The van der Waals surface area contributed by atoms with Crippen LogP contribution >= 0.6 is 22.6 Å². The second-order valence-electron chi connectivity index (χ2n) is 4.31. The van der Waals surface area contributed by atoms with Crippen molar-refractivity contribution < 1.29 is 13.5 Å². The lowest BCUT2D eigenvalue weighted by Crippen LogP contribution is -2.41. The van der Waals surface area contributed by atoms with Crippen LogP contribution in [0.4, 0.5) is 8.78 Å². The highest BCUT2D eigenvalue weighted by Crippen LogP contribution is 2.23. The van der Waals surface area contributed by atoms with E-state index in [1.807, 2.05) is 19.6 Å². The second-order valence-corrected chi connectivity index (χ2v) is 10.5. The Morgan fingerprint density at radius 3 is 2.13 bits per heavy atom. The quantitative estimate of drug-likeness (QED) is 0.456. The highest BCUT2D eigenvalue weighted by Gasteiger charge is 2.28. The van der Waals surface area contributed by atoms with E-state index in [1.54, 1.807) is 28.7 Å². The minimum atomic E-state index is -1.94. The molecule has 1 aromatic carbocycles. The molecule has 0 heterocycles. The van der Waals surface area contributed by atoms with E-state index in [9.17, 15) is 8.78 Å². The maximum absolute atomic E-state index is 13.8. The van der Waals surface area contributed by atoms with Gasteiger partial charge in [0.05, 0.1) is 18.8 Å². The average Bonchev–Trinajstić information content (AvgIpc) is 2.11. The lowest BCUT2D eigenvalue weighted by Gasteiger charge is -2.21. The van der Waals surface area contributed by atoms with Crippen LogP contribution in [0.2, 0.25) is 19.6 Å². The summed E-state index contributed by atoms with van der Waals surface area (Å²) in [5, 5.41) is 0.419. The van der Waals surface area contributed by atoms with Gasteiger partial charge in [0.2, 0.25) is 0 Å². The minimum absolute atomic E-state index is 0.254. The Labute approximate surface area is 103 Å². The van der Waals surface area contributed by atoms with Crippen LogP contribution in [0, 0.1) is 15.2 Å². The Morgan fingerprint density at radius 1 is 1.20 bits per heavy atom. The SMILES string of the molecule is COc1cc(I)c(F)c(F)c1[Si](C)(C)C. The van der Waals surface area contributed by atoms with Gasteiger partial charge in [-0.25, -0.2) is 8.78 Å². The molecular weight excluding hydrogens is 329 g/mol. The third-order valence-electron chi connectivity index (χ3n) is 2.10. The van der Waals surface area contributed by atoms with Gasteiger partial charge in [-0.2, -0.15) is 0 Å². The molecule has 0 saturated heterocycles. The predicted octanol–water partition coefficient (Wildman–Crippen LogP) is 3.12. The number of benzene rings is 1. The molecule has 0 aliphatic heterocycles. The van der Waals surface area contributed by atoms with Crippen LogP contribution in [-0.2, 0) is 0 Å². The second kappa shape index (κ2) is 4.37. The molecule has 0 aromatic heterocycles. The Hall–Kier alpha value is -0.173. The topological polar surface area (TPSA) is 9.23 Å². The smallest absolute Gasteiger partial charge is 0.172 e. The predicted molar refractivity (Wildman–Crippen MR) is 68.6 cm³/mol. The molecule has 0 aliphatic carbocycles. The van der Waals surface area contributed by atoms with Crippen molar-refractivity contribution in [3.63, 3.8) is 0 Å². The molecular formula is C10H13F2IOSi. The molecule has 0 unspecified atom stereocenters. The zero-order chi connectivity index (χ0) is 11.8. The molecule has 1 aromatic rings. The Balaban J connectivity index is 3.55. The zero-order valence-corrected chi connectivity index (χ0v) is 12.3. The van der Waals surface area contributed by atoms with E-state index in [0.717, 1.165) is 0 Å². The van der Waals surface area contributed by atoms with Gasteiger partial charge in [0.25, 0.3) is 0 Å². The summed E-state index contributed by atoms with van der Waals surface area (Å²) in [6.45, 7) is 5.88. The van der Waals surface area contributed by atoms with Gasteiger partial charge in [0.15, 0.2) is 11.6 Å². The van der Waals surface area contributed by atoms with E-state index in [4.69, 9.17) is 4.74 Å². The minimum Gasteiger partial charge on any atom is -0.497 e. The van der Waals surface area contributed by atoms with Crippen LogP contribution in [0.25, 0.3) is 0 Å². The molecule has 0 radical (unpaired) electrons. The molecule has 0 amide bonds.